The first-order chi connectivity index (χ1) is 8.18. The Morgan fingerprint density at radius 2 is 1.71 bits per heavy atom. The van der Waals surface area contributed by atoms with Gasteiger partial charge in [0, 0.05) is 5.56 Å². The van der Waals surface area contributed by atoms with Crippen molar-refractivity contribution in [3.63, 3.8) is 0 Å². The van der Waals surface area contributed by atoms with E-state index in [4.69, 9.17) is 5.11 Å². The van der Waals surface area contributed by atoms with Crippen molar-refractivity contribution in [2.24, 2.45) is 0 Å². The fraction of sp³-hybridized carbons (Fsp3) is 0.143. The minimum absolute atomic E-state index is 0.292. The lowest BCUT2D eigenvalue weighted by Gasteiger charge is -2.05. The number of rotatable bonds is 2. The predicted molar refractivity (Wildman–Crippen MR) is 63.3 cm³/mol. The van der Waals surface area contributed by atoms with Crippen molar-refractivity contribution >= 4 is 22.5 Å². The molecule has 0 amide bonds. The van der Waals surface area contributed by atoms with Crippen LogP contribution < -0.4 is 0 Å². The lowest BCUT2D eigenvalue weighted by atomic mass is 9.97. The summed E-state index contributed by atoms with van der Waals surface area (Å²) in [7, 11) is 0. The van der Waals surface area contributed by atoms with Crippen LogP contribution in [0.15, 0.2) is 30.3 Å². The number of aliphatic carboxylic acids is 1. The molecule has 2 aromatic rings. The highest BCUT2D eigenvalue weighted by Crippen LogP contribution is 2.32. The highest BCUT2D eigenvalue weighted by atomic mass is 16.4. The zero-order valence-electron chi connectivity index (χ0n) is 9.06. The minimum Gasteiger partial charge on any atom is -0.475 e. The molecule has 0 unspecified atom stereocenters. The van der Waals surface area contributed by atoms with E-state index in [1.807, 2.05) is 24.3 Å². The van der Waals surface area contributed by atoms with Gasteiger partial charge in [0.05, 0.1) is 0 Å². The number of carbonyl (C=O) groups is 2. The standard InChI is InChI=1S/C14H10O3/c15-13(14(16)17)11-7-6-9-5-4-8-2-1-3-10(11)12(8)9/h1-3,6-7H,4-5H2,(H,16,17). The van der Waals surface area contributed by atoms with Crippen LogP contribution in [-0.2, 0) is 17.6 Å². The number of carboxylic acids is 1. The fourth-order valence-corrected chi connectivity index (χ4v) is 2.56. The number of aryl methyl sites for hydroxylation is 2. The SMILES string of the molecule is O=C(O)C(=O)c1ccc2c3c(cccc13)CC2. The second kappa shape index (κ2) is 3.42. The second-order valence-corrected chi connectivity index (χ2v) is 4.25. The zero-order chi connectivity index (χ0) is 12.0. The number of hydrogen-bond donors (Lipinski definition) is 1. The van der Waals surface area contributed by atoms with Gasteiger partial charge in [-0.1, -0.05) is 24.3 Å². The Balaban J connectivity index is 2.36. The first-order valence-electron chi connectivity index (χ1n) is 5.49. The summed E-state index contributed by atoms with van der Waals surface area (Å²) in [5.74, 6) is -2.23. The number of benzene rings is 2. The topological polar surface area (TPSA) is 54.4 Å². The lowest BCUT2D eigenvalue weighted by molar-refractivity contribution is -0.131. The summed E-state index contributed by atoms with van der Waals surface area (Å²) in [5.41, 5.74) is 2.70. The van der Waals surface area contributed by atoms with Crippen LogP contribution in [-0.4, -0.2) is 16.9 Å². The maximum absolute atomic E-state index is 11.6. The summed E-state index contributed by atoms with van der Waals surface area (Å²) < 4.78 is 0. The molecule has 3 heteroatoms. The van der Waals surface area contributed by atoms with E-state index in [-0.39, 0.29) is 0 Å². The molecule has 0 fully saturated rings. The highest BCUT2D eigenvalue weighted by molar-refractivity contribution is 6.42. The second-order valence-electron chi connectivity index (χ2n) is 4.25. The Hall–Kier alpha value is -2.16. The molecular formula is C14H10O3. The van der Waals surface area contributed by atoms with Crippen LogP contribution in [0.25, 0.3) is 10.8 Å². The third-order valence-corrected chi connectivity index (χ3v) is 3.32. The van der Waals surface area contributed by atoms with Crippen molar-refractivity contribution in [1.82, 2.24) is 0 Å². The van der Waals surface area contributed by atoms with Crippen LogP contribution in [0.2, 0.25) is 0 Å². The molecule has 0 spiro atoms. The fourth-order valence-electron chi connectivity index (χ4n) is 2.56. The molecule has 0 aliphatic heterocycles. The summed E-state index contributed by atoms with van der Waals surface area (Å²) in [6, 6.07) is 9.24. The Morgan fingerprint density at radius 1 is 1.00 bits per heavy atom. The summed E-state index contributed by atoms with van der Waals surface area (Å²) in [6.45, 7) is 0. The van der Waals surface area contributed by atoms with Gasteiger partial charge < -0.3 is 5.11 Å². The molecule has 0 saturated heterocycles. The van der Waals surface area contributed by atoms with Gasteiger partial charge in [-0.2, -0.15) is 0 Å². The van der Waals surface area contributed by atoms with Gasteiger partial charge in [0.15, 0.2) is 0 Å². The summed E-state index contributed by atoms with van der Waals surface area (Å²) in [6.07, 6.45) is 1.94. The number of carboxylic acid groups (broad SMARTS) is 1. The van der Waals surface area contributed by atoms with Crippen molar-refractivity contribution in [1.29, 1.82) is 0 Å². The number of ketones is 1. The van der Waals surface area contributed by atoms with Crippen molar-refractivity contribution in [3.8, 4) is 0 Å². The van der Waals surface area contributed by atoms with E-state index in [1.165, 1.54) is 11.1 Å². The van der Waals surface area contributed by atoms with Gasteiger partial charge in [-0.05, 0) is 40.8 Å². The van der Waals surface area contributed by atoms with Gasteiger partial charge >= 0.3 is 5.97 Å². The summed E-state index contributed by atoms with van der Waals surface area (Å²) >= 11 is 0. The van der Waals surface area contributed by atoms with E-state index in [1.54, 1.807) is 6.07 Å². The predicted octanol–water partition coefficient (Wildman–Crippen LogP) is 2.21. The molecule has 1 aliphatic carbocycles. The molecule has 0 saturated carbocycles. The maximum atomic E-state index is 11.6. The number of carbonyl (C=O) groups excluding carboxylic acids is 1. The monoisotopic (exact) mass is 226 g/mol. The normalized spacial score (nSPS) is 12.9. The van der Waals surface area contributed by atoms with Gasteiger partial charge in [-0.25, -0.2) is 4.79 Å². The zero-order valence-corrected chi connectivity index (χ0v) is 9.06. The molecule has 17 heavy (non-hydrogen) atoms. The highest BCUT2D eigenvalue weighted by Gasteiger charge is 2.21. The quantitative estimate of drug-likeness (QED) is 0.631. The molecular weight excluding hydrogens is 216 g/mol. The van der Waals surface area contributed by atoms with Gasteiger partial charge in [-0.15, -0.1) is 0 Å². The molecule has 3 nitrogen and oxygen atoms in total. The van der Waals surface area contributed by atoms with E-state index in [0.717, 1.165) is 23.6 Å². The van der Waals surface area contributed by atoms with Crippen LogP contribution in [0, 0.1) is 0 Å². The van der Waals surface area contributed by atoms with Gasteiger partial charge in [0.1, 0.15) is 0 Å². The largest absolute Gasteiger partial charge is 0.475 e. The van der Waals surface area contributed by atoms with Crippen LogP contribution in [0.3, 0.4) is 0 Å². The van der Waals surface area contributed by atoms with E-state index in [9.17, 15) is 9.59 Å². The average molecular weight is 226 g/mol. The maximum Gasteiger partial charge on any atom is 0.377 e. The van der Waals surface area contributed by atoms with Crippen molar-refractivity contribution in [3.05, 3.63) is 47.0 Å². The molecule has 3 rings (SSSR count). The van der Waals surface area contributed by atoms with Crippen LogP contribution in [0.4, 0.5) is 0 Å². The van der Waals surface area contributed by atoms with Gasteiger partial charge in [0.2, 0.25) is 0 Å². The molecule has 0 atom stereocenters. The Morgan fingerprint density at radius 3 is 2.41 bits per heavy atom. The van der Waals surface area contributed by atoms with E-state index in [0.29, 0.717) is 5.56 Å². The van der Waals surface area contributed by atoms with Gasteiger partial charge in [-0.3, -0.25) is 4.79 Å². The van der Waals surface area contributed by atoms with Crippen LogP contribution in [0.5, 0.6) is 0 Å². The van der Waals surface area contributed by atoms with E-state index >= 15 is 0 Å². The average Bonchev–Trinajstić information content (AvgIpc) is 2.74. The lowest BCUT2D eigenvalue weighted by Crippen LogP contribution is -2.13. The Labute approximate surface area is 97.7 Å². The summed E-state index contributed by atoms with van der Waals surface area (Å²) in [5, 5.41) is 10.6. The third kappa shape index (κ3) is 1.35. The summed E-state index contributed by atoms with van der Waals surface area (Å²) in [4.78, 5) is 22.4. The van der Waals surface area contributed by atoms with E-state index < -0.39 is 11.8 Å². The van der Waals surface area contributed by atoms with Crippen molar-refractivity contribution in [2.45, 2.75) is 12.8 Å². The minimum atomic E-state index is -1.40. The van der Waals surface area contributed by atoms with Crippen molar-refractivity contribution in [2.75, 3.05) is 0 Å². The molecule has 1 aliphatic rings. The first kappa shape index (κ1) is 10.0. The van der Waals surface area contributed by atoms with Gasteiger partial charge in [0.25, 0.3) is 5.78 Å². The smallest absolute Gasteiger partial charge is 0.377 e. The van der Waals surface area contributed by atoms with Crippen LogP contribution in [0.1, 0.15) is 21.5 Å². The van der Waals surface area contributed by atoms with E-state index in [2.05, 4.69) is 0 Å². The molecule has 84 valence electrons. The molecule has 1 N–H and O–H groups in total. The molecule has 2 aromatic carbocycles. The molecule has 0 bridgehead atoms. The third-order valence-electron chi connectivity index (χ3n) is 3.32. The molecule has 0 radical (unpaired) electrons. The van der Waals surface area contributed by atoms with Crippen LogP contribution >= 0.6 is 0 Å². The number of hydrogen-bond acceptors (Lipinski definition) is 2. The number of Topliss-reactive ketones (excluding diaryl/α,β-unsaturated/α-hetero) is 1. The first-order valence-corrected chi connectivity index (χ1v) is 5.49. The Kier molecular flexibility index (Phi) is 2.01. The Bertz CT molecular complexity index is 646. The van der Waals surface area contributed by atoms with Crippen molar-refractivity contribution < 1.29 is 14.7 Å². The molecule has 0 heterocycles. The molecule has 0 aromatic heterocycles.